The molecule has 0 heterocycles. The Balaban J connectivity index is 0.000000461. The van der Waals surface area contributed by atoms with Crippen LogP contribution < -0.4 is 0 Å². The quantitative estimate of drug-likeness (QED) is 0.576. The van der Waals surface area contributed by atoms with Crippen molar-refractivity contribution >= 4 is 9.24 Å². The third-order valence-electron chi connectivity index (χ3n) is 1.05. The zero-order valence-electron chi connectivity index (χ0n) is 6.30. The van der Waals surface area contributed by atoms with Gasteiger partial charge in [0.1, 0.15) is 0 Å². The van der Waals surface area contributed by atoms with Gasteiger partial charge in [-0.2, -0.15) is 0 Å². The molecule has 0 saturated heterocycles. The molecule has 0 aliphatic carbocycles. The van der Waals surface area contributed by atoms with Gasteiger partial charge in [-0.3, -0.25) is 0 Å². The second-order valence-electron chi connectivity index (χ2n) is 1.71. The highest BCUT2D eigenvalue weighted by molar-refractivity contribution is 7.15. The van der Waals surface area contributed by atoms with E-state index in [-0.39, 0.29) is 5.56 Å². The molecule has 0 saturated carbocycles. The Morgan fingerprint density at radius 1 is 1.09 bits per heavy atom. The Kier molecular flexibility index (Phi) is 5.96. The Labute approximate surface area is 67.8 Å². The lowest BCUT2D eigenvalue weighted by Gasteiger charge is -1.94. The van der Waals surface area contributed by atoms with Gasteiger partial charge in [0.15, 0.2) is 0 Å². The van der Waals surface area contributed by atoms with E-state index < -0.39 is 6.43 Å². The summed E-state index contributed by atoms with van der Waals surface area (Å²) in [7, 11) is 2.42. The molecule has 0 N–H and O–H groups in total. The molecule has 0 nitrogen and oxygen atoms in total. The van der Waals surface area contributed by atoms with E-state index in [1.807, 2.05) is 6.66 Å². The average Bonchev–Trinajstić information content (AvgIpc) is 2.10. The highest BCUT2D eigenvalue weighted by Gasteiger charge is 2.02. The summed E-state index contributed by atoms with van der Waals surface area (Å²) in [6.45, 7) is 1.92. The van der Waals surface area contributed by atoms with Crippen LogP contribution in [0.5, 0.6) is 0 Å². The molecule has 0 aliphatic heterocycles. The van der Waals surface area contributed by atoms with Gasteiger partial charge in [-0.05, 0) is 0 Å². The standard InChI is InChI=1S/C7H6F2.CH5P/c8-7(9)6-4-2-1-3-5-6;1-2/h1-5,7H;2H2,1H3. The van der Waals surface area contributed by atoms with Crippen LogP contribution in [0.2, 0.25) is 0 Å². The van der Waals surface area contributed by atoms with Gasteiger partial charge in [-0.1, -0.05) is 37.0 Å². The number of halogens is 2. The maximum atomic E-state index is 11.8. The molecule has 0 radical (unpaired) electrons. The third kappa shape index (κ3) is 4.05. The molecule has 0 bridgehead atoms. The van der Waals surface area contributed by atoms with Crippen LogP contribution in [0.1, 0.15) is 12.0 Å². The van der Waals surface area contributed by atoms with Gasteiger partial charge >= 0.3 is 0 Å². The first-order valence-corrected chi connectivity index (χ1v) is 4.37. The Bertz CT molecular complexity index is 175. The van der Waals surface area contributed by atoms with Crippen molar-refractivity contribution in [1.29, 1.82) is 0 Å². The molecule has 1 unspecified atom stereocenters. The number of hydrogen-bond acceptors (Lipinski definition) is 0. The van der Waals surface area contributed by atoms with Crippen molar-refractivity contribution in [3.8, 4) is 0 Å². The van der Waals surface area contributed by atoms with Gasteiger partial charge in [-0.25, -0.2) is 8.78 Å². The molecule has 0 amide bonds. The van der Waals surface area contributed by atoms with Crippen LogP contribution in [0.25, 0.3) is 0 Å². The number of benzene rings is 1. The topological polar surface area (TPSA) is 0 Å². The fourth-order valence-electron chi connectivity index (χ4n) is 0.599. The molecule has 1 rings (SSSR count). The summed E-state index contributed by atoms with van der Waals surface area (Å²) in [4.78, 5) is 0. The molecule has 1 aromatic rings. The molecule has 0 aliphatic rings. The summed E-state index contributed by atoms with van der Waals surface area (Å²) in [5.41, 5.74) is 0.0810. The lowest BCUT2D eigenvalue weighted by atomic mass is 10.2. The number of hydrogen-bond donors (Lipinski definition) is 0. The SMILES string of the molecule is CP.FC(F)c1ccccc1. The summed E-state index contributed by atoms with van der Waals surface area (Å²) in [5, 5.41) is 0. The number of rotatable bonds is 1. The number of alkyl halides is 2. The minimum absolute atomic E-state index is 0.0810. The monoisotopic (exact) mass is 176 g/mol. The Morgan fingerprint density at radius 2 is 1.55 bits per heavy atom. The van der Waals surface area contributed by atoms with Crippen molar-refractivity contribution in [3.05, 3.63) is 35.9 Å². The first-order chi connectivity index (χ1) is 5.30. The Hall–Kier alpha value is -0.490. The van der Waals surface area contributed by atoms with Crippen molar-refractivity contribution in [2.75, 3.05) is 6.66 Å². The van der Waals surface area contributed by atoms with E-state index in [4.69, 9.17) is 0 Å². The molecule has 1 atom stereocenters. The smallest absolute Gasteiger partial charge is 0.205 e. The predicted octanol–water partition coefficient (Wildman–Crippen LogP) is 3.12. The van der Waals surface area contributed by atoms with E-state index in [1.165, 1.54) is 12.1 Å². The summed E-state index contributed by atoms with van der Waals surface area (Å²) >= 11 is 0. The van der Waals surface area contributed by atoms with Crippen LogP contribution in [-0.2, 0) is 0 Å². The lowest BCUT2D eigenvalue weighted by molar-refractivity contribution is 0.151. The fourth-order valence-corrected chi connectivity index (χ4v) is 0.599. The molecule has 1 aromatic carbocycles. The molecule has 62 valence electrons. The van der Waals surface area contributed by atoms with E-state index in [1.54, 1.807) is 18.2 Å². The third-order valence-corrected chi connectivity index (χ3v) is 1.05. The minimum Gasteiger partial charge on any atom is -0.205 e. The minimum atomic E-state index is -2.34. The highest BCUT2D eigenvalue weighted by Crippen LogP contribution is 2.16. The maximum Gasteiger partial charge on any atom is 0.263 e. The lowest BCUT2D eigenvalue weighted by Crippen LogP contribution is -1.79. The first kappa shape index (κ1) is 10.5. The molecule has 0 aromatic heterocycles. The zero-order valence-corrected chi connectivity index (χ0v) is 7.45. The van der Waals surface area contributed by atoms with Gasteiger partial charge in [0.2, 0.25) is 0 Å². The summed E-state index contributed by atoms with van der Waals surface area (Å²) in [6, 6.07) is 7.73. The highest BCUT2D eigenvalue weighted by atomic mass is 31.0. The summed E-state index contributed by atoms with van der Waals surface area (Å²) < 4.78 is 23.5. The second kappa shape index (κ2) is 6.23. The van der Waals surface area contributed by atoms with Gasteiger partial charge < -0.3 is 0 Å². The zero-order chi connectivity index (χ0) is 8.69. The predicted molar refractivity (Wildman–Crippen MR) is 47.0 cm³/mol. The van der Waals surface area contributed by atoms with E-state index in [0.717, 1.165) is 0 Å². The van der Waals surface area contributed by atoms with Gasteiger partial charge in [0, 0.05) is 5.56 Å². The van der Waals surface area contributed by atoms with Gasteiger partial charge in [0.05, 0.1) is 0 Å². The molecule has 3 heteroatoms. The van der Waals surface area contributed by atoms with Crippen LogP contribution in [-0.4, -0.2) is 6.66 Å². The van der Waals surface area contributed by atoms with Gasteiger partial charge in [-0.15, -0.1) is 9.24 Å². The molecular weight excluding hydrogens is 165 g/mol. The maximum absolute atomic E-state index is 11.8. The molecular formula is C8H11F2P. The van der Waals surface area contributed by atoms with Crippen LogP contribution in [0.15, 0.2) is 30.3 Å². The summed E-state index contributed by atoms with van der Waals surface area (Å²) in [6.07, 6.45) is -2.34. The Morgan fingerprint density at radius 3 is 1.82 bits per heavy atom. The first-order valence-electron chi connectivity index (χ1n) is 3.21. The van der Waals surface area contributed by atoms with Crippen LogP contribution in [0.3, 0.4) is 0 Å². The van der Waals surface area contributed by atoms with E-state index in [9.17, 15) is 8.78 Å². The van der Waals surface area contributed by atoms with Crippen molar-refractivity contribution in [2.45, 2.75) is 6.43 Å². The molecule has 0 fully saturated rings. The molecule has 11 heavy (non-hydrogen) atoms. The van der Waals surface area contributed by atoms with Gasteiger partial charge in [0.25, 0.3) is 6.43 Å². The van der Waals surface area contributed by atoms with Crippen molar-refractivity contribution < 1.29 is 8.78 Å². The van der Waals surface area contributed by atoms with E-state index in [2.05, 4.69) is 9.24 Å². The van der Waals surface area contributed by atoms with Crippen LogP contribution in [0, 0.1) is 0 Å². The van der Waals surface area contributed by atoms with Crippen LogP contribution in [0.4, 0.5) is 8.78 Å². The normalized spacial score (nSPS) is 8.82. The van der Waals surface area contributed by atoms with E-state index in [0.29, 0.717) is 0 Å². The van der Waals surface area contributed by atoms with Crippen molar-refractivity contribution in [1.82, 2.24) is 0 Å². The summed E-state index contributed by atoms with van der Waals surface area (Å²) in [5.74, 6) is 0. The van der Waals surface area contributed by atoms with Crippen LogP contribution >= 0.6 is 9.24 Å². The van der Waals surface area contributed by atoms with Crippen molar-refractivity contribution in [3.63, 3.8) is 0 Å². The fraction of sp³-hybridized carbons (Fsp3) is 0.250. The van der Waals surface area contributed by atoms with E-state index >= 15 is 0 Å². The van der Waals surface area contributed by atoms with Crippen molar-refractivity contribution in [2.24, 2.45) is 0 Å². The second-order valence-corrected chi connectivity index (χ2v) is 1.71. The largest absolute Gasteiger partial charge is 0.263 e. The average molecular weight is 176 g/mol. The molecule has 0 spiro atoms.